The van der Waals surface area contributed by atoms with Crippen LogP contribution >= 0.6 is 0 Å². The van der Waals surface area contributed by atoms with Gasteiger partial charge in [0.1, 0.15) is 0 Å². The summed E-state index contributed by atoms with van der Waals surface area (Å²) in [6.45, 7) is 2.68. The molecule has 1 aliphatic rings. The Bertz CT molecular complexity index is 488. The molecule has 0 aromatic heterocycles. The summed E-state index contributed by atoms with van der Waals surface area (Å²) >= 11 is 0. The van der Waals surface area contributed by atoms with Crippen LogP contribution in [0.15, 0.2) is 30.3 Å². The highest BCUT2D eigenvalue weighted by molar-refractivity contribution is 5.81. The van der Waals surface area contributed by atoms with Crippen LogP contribution in [0.2, 0.25) is 0 Å². The van der Waals surface area contributed by atoms with Gasteiger partial charge >= 0.3 is 5.97 Å². The van der Waals surface area contributed by atoms with Crippen LogP contribution in [0.25, 0.3) is 0 Å². The predicted molar refractivity (Wildman–Crippen MR) is 78.0 cm³/mol. The molecule has 0 saturated carbocycles. The van der Waals surface area contributed by atoms with Crippen LogP contribution in [0.1, 0.15) is 31.2 Å². The van der Waals surface area contributed by atoms with Crippen LogP contribution < -0.4 is 5.32 Å². The number of hydrogen-bond acceptors (Lipinski definition) is 3. The van der Waals surface area contributed by atoms with Crippen LogP contribution in [0.5, 0.6) is 0 Å². The maximum atomic E-state index is 12.2. The number of aliphatic carboxylic acids is 1. The lowest BCUT2D eigenvalue weighted by atomic mass is 9.96. The van der Waals surface area contributed by atoms with E-state index in [2.05, 4.69) is 5.32 Å². The van der Waals surface area contributed by atoms with Gasteiger partial charge in [0.2, 0.25) is 5.91 Å². The average Bonchev–Trinajstić information content (AvgIpc) is 2.96. The molecule has 5 nitrogen and oxygen atoms in total. The Morgan fingerprint density at radius 1 is 1.38 bits per heavy atom. The first-order chi connectivity index (χ1) is 10.1. The predicted octanol–water partition coefficient (Wildman–Crippen LogP) is 1.79. The molecule has 0 spiro atoms. The molecule has 5 heteroatoms. The van der Waals surface area contributed by atoms with Crippen molar-refractivity contribution in [2.75, 3.05) is 13.2 Å². The van der Waals surface area contributed by atoms with Crippen molar-refractivity contribution in [1.29, 1.82) is 0 Å². The summed E-state index contributed by atoms with van der Waals surface area (Å²) in [5.74, 6) is -1.93. The third-order valence-electron chi connectivity index (χ3n) is 3.93. The third-order valence-corrected chi connectivity index (χ3v) is 3.93. The van der Waals surface area contributed by atoms with Crippen LogP contribution in [-0.2, 0) is 14.3 Å². The summed E-state index contributed by atoms with van der Waals surface area (Å²) < 4.78 is 5.50. The minimum absolute atomic E-state index is 0.0509. The molecule has 21 heavy (non-hydrogen) atoms. The smallest absolute Gasteiger partial charge is 0.312 e. The molecule has 114 valence electrons. The van der Waals surface area contributed by atoms with Gasteiger partial charge in [0, 0.05) is 13.2 Å². The maximum absolute atomic E-state index is 12.2. The molecule has 1 aromatic rings. The topological polar surface area (TPSA) is 75.6 Å². The second kappa shape index (κ2) is 7.22. The molecule has 2 rings (SSSR count). The van der Waals surface area contributed by atoms with Gasteiger partial charge in [-0.05, 0) is 18.4 Å². The lowest BCUT2D eigenvalue weighted by molar-refractivity contribution is -0.138. The summed E-state index contributed by atoms with van der Waals surface area (Å²) in [5.41, 5.74) is 0.694. The van der Waals surface area contributed by atoms with Crippen molar-refractivity contribution in [3.63, 3.8) is 0 Å². The zero-order valence-corrected chi connectivity index (χ0v) is 12.1. The zero-order valence-electron chi connectivity index (χ0n) is 12.1. The molecular weight excluding hydrogens is 270 g/mol. The highest BCUT2D eigenvalue weighted by Crippen LogP contribution is 2.24. The van der Waals surface area contributed by atoms with Crippen LogP contribution in [-0.4, -0.2) is 36.2 Å². The van der Waals surface area contributed by atoms with Gasteiger partial charge in [0.15, 0.2) is 0 Å². The number of carbonyl (C=O) groups is 2. The number of carbonyl (C=O) groups excluding carboxylic acids is 1. The van der Waals surface area contributed by atoms with Crippen molar-refractivity contribution in [2.45, 2.75) is 31.8 Å². The lowest BCUT2D eigenvalue weighted by Crippen LogP contribution is -2.38. The van der Waals surface area contributed by atoms with E-state index in [1.54, 1.807) is 24.3 Å². The molecule has 1 aliphatic heterocycles. The summed E-state index contributed by atoms with van der Waals surface area (Å²) in [6, 6.07) is 8.95. The van der Waals surface area contributed by atoms with E-state index in [1.165, 1.54) is 0 Å². The molecule has 1 saturated heterocycles. The van der Waals surface area contributed by atoms with Gasteiger partial charge in [-0.25, -0.2) is 0 Å². The van der Waals surface area contributed by atoms with Crippen molar-refractivity contribution >= 4 is 11.9 Å². The number of rotatable bonds is 6. The molecule has 1 amide bonds. The Hall–Kier alpha value is -1.88. The van der Waals surface area contributed by atoms with Crippen molar-refractivity contribution < 1.29 is 19.4 Å². The summed E-state index contributed by atoms with van der Waals surface area (Å²) in [4.78, 5) is 23.6. The van der Waals surface area contributed by atoms with E-state index in [-0.39, 0.29) is 24.5 Å². The van der Waals surface area contributed by atoms with E-state index in [0.717, 1.165) is 6.42 Å². The van der Waals surface area contributed by atoms with Gasteiger partial charge in [-0.1, -0.05) is 37.3 Å². The largest absolute Gasteiger partial charge is 0.481 e. The first-order valence-corrected chi connectivity index (χ1v) is 7.30. The second-order valence-electron chi connectivity index (χ2n) is 5.26. The SMILES string of the molecule is CCC1OCCC1C(=O)NCC(C(=O)O)c1ccccc1. The van der Waals surface area contributed by atoms with E-state index in [0.29, 0.717) is 18.6 Å². The Labute approximate surface area is 124 Å². The first-order valence-electron chi connectivity index (χ1n) is 7.30. The Balaban J connectivity index is 1.96. The Morgan fingerprint density at radius 2 is 2.10 bits per heavy atom. The van der Waals surface area contributed by atoms with Gasteiger partial charge in [-0.15, -0.1) is 0 Å². The number of ether oxygens (including phenoxy) is 1. The number of carboxylic acids is 1. The monoisotopic (exact) mass is 291 g/mol. The summed E-state index contributed by atoms with van der Waals surface area (Å²) in [6.07, 6.45) is 1.44. The fourth-order valence-corrected chi connectivity index (χ4v) is 2.72. The van der Waals surface area contributed by atoms with Crippen LogP contribution in [0.4, 0.5) is 0 Å². The van der Waals surface area contributed by atoms with Gasteiger partial charge < -0.3 is 15.2 Å². The van der Waals surface area contributed by atoms with Crippen LogP contribution in [0.3, 0.4) is 0 Å². The van der Waals surface area contributed by atoms with E-state index in [9.17, 15) is 14.7 Å². The lowest BCUT2D eigenvalue weighted by Gasteiger charge is -2.19. The fourth-order valence-electron chi connectivity index (χ4n) is 2.72. The summed E-state index contributed by atoms with van der Waals surface area (Å²) in [7, 11) is 0. The van der Waals surface area contributed by atoms with Gasteiger partial charge in [-0.3, -0.25) is 9.59 Å². The van der Waals surface area contributed by atoms with Crippen molar-refractivity contribution in [2.24, 2.45) is 5.92 Å². The molecular formula is C16H21NO4. The van der Waals surface area contributed by atoms with Crippen molar-refractivity contribution in [3.05, 3.63) is 35.9 Å². The number of amides is 1. The molecule has 1 heterocycles. The number of carboxylic acid groups (broad SMARTS) is 1. The molecule has 3 unspecified atom stereocenters. The molecule has 0 aliphatic carbocycles. The van der Waals surface area contributed by atoms with E-state index in [1.807, 2.05) is 13.0 Å². The minimum atomic E-state index is -0.934. The zero-order chi connectivity index (χ0) is 15.2. The molecule has 2 N–H and O–H groups in total. The molecule has 0 bridgehead atoms. The highest BCUT2D eigenvalue weighted by atomic mass is 16.5. The number of nitrogens with one attached hydrogen (secondary N) is 1. The quantitative estimate of drug-likeness (QED) is 0.838. The number of hydrogen-bond donors (Lipinski definition) is 2. The van der Waals surface area contributed by atoms with Gasteiger partial charge in [0.25, 0.3) is 0 Å². The van der Waals surface area contributed by atoms with E-state index >= 15 is 0 Å². The summed E-state index contributed by atoms with van der Waals surface area (Å²) in [5, 5.41) is 12.1. The molecule has 3 atom stereocenters. The van der Waals surface area contributed by atoms with Crippen molar-refractivity contribution in [3.8, 4) is 0 Å². The van der Waals surface area contributed by atoms with E-state index < -0.39 is 11.9 Å². The Kier molecular flexibility index (Phi) is 5.33. The Morgan fingerprint density at radius 3 is 2.71 bits per heavy atom. The van der Waals surface area contributed by atoms with Gasteiger partial charge in [0.05, 0.1) is 17.9 Å². The normalized spacial score (nSPS) is 22.7. The maximum Gasteiger partial charge on any atom is 0.312 e. The highest BCUT2D eigenvalue weighted by Gasteiger charge is 2.33. The first kappa shape index (κ1) is 15.5. The van der Waals surface area contributed by atoms with E-state index in [4.69, 9.17) is 4.74 Å². The molecule has 0 radical (unpaired) electrons. The standard InChI is InChI=1S/C16H21NO4/c1-2-14-12(8-9-21-14)15(18)17-10-13(16(19)20)11-6-4-3-5-7-11/h3-7,12-14H,2,8-10H2,1H3,(H,17,18)(H,19,20). The molecule has 1 aromatic carbocycles. The minimum Gasteiger partial charge on any atom is -0.481 e. The fraction of sp³-hybridized carbons (Fsp3) is 0.500. The average molecular weight is 291 g/mol. The third kappa shape index (κ3) is 3.82. The molecule has 1 fully saturated rings. The number of benzene rings is 1. The second-order valence-corrected chi connectivity index (χ2v) is 5.26. The van der Waals surface area contributed by atoms with Crippen molar-refractivity contribution in [1.82, 2.24) is 5.32 Å². The van der Waals surface area contributed by atoms with Crippen LogP contribution in [0, 0.1) is 5.92 Å². The van der Waals surface area contributed by atoms with Gasteiger partial charge in [-0.2, -0.15) is 0 Å².